The van der Waals surface area contributed by atoms with Gasteiger partial charge in [-0.1, -0.05) is 6.42 Å². The lowest BCUT2D eigenvalue weighted by Crippen LogP contribution is -2.36. The van der Waals surface area contributed by atoms with Crippen LogP contribution in [0.5, 0.6) is 0 Å². The lowest BCUT2D eigenvalue weighted by atomic mass is 10.2. The first-order valence-corrected chi connectivity index (χ1v) is 7.41. The number of hydrogen-bond donors (Lipinski definition) is 0. The van der Waals surface area contributed by atoms with Crippen LogP contribution in [0.3, 0.4) is 0 Å². The minimum Gasteiger partial charge on any atom is -0.460 e. The number of esters is 1. The molecular weight excluding hydrogens is 196 g/mol. The molecule has 1 heterocycles. The smallest absolute Gasteiger partial charge is 0.303 e. The molecule has 1 rings (SSSR count). The topological polar surface area (TPSA) is 35.5 Å². The van der Waals surface area contributed by atoms with Crippen LogP contribution in [0.4, 0.5) is 0 Å². The summed E-state index contributed by atoms with van der Waals surface area (Å²) >= 11 is 0. The Kier molecular flexibility index (Phi) is 4.13. The molecule has 0 N–H and O–H groups in total. The summed E-state index contributed by atoms with van der Waals surface area (Å²) in [4.78, 5) is 10.9. The standard InChI is InChI=1S/C10H20O3Si/c1-9(11)13-10(2,3)8-14-7-5-4-6-12-14/h14H,4-8H2,1-3H3. The monoisotopic (exact) mass is 216 g/mol. The molecule has 0 radical (unpaired) electrons. The van der Waals surface area contributed by atoms with E-state index in [9.17, 15) is 4.79 Å². The maximum absolute atomic E-state index is 10.9. The molecule has 1 aliphatic heterocycles. The molecule has 1 fully saturated rings. The average Bonchev–Trinajstić information content (AvgIpc) is 2.02. The van der Waals surface area contributed by atoms with Crippen LogP contribution >= 0.6 is 0 Å². The molecule has 1 unspecified atom stereocenters. The van der Waals surface area contributed by atoms with Gasteiger partial charge in [-0.15, -0.1) is 0 Å². The van der Waals surface area contributed by atoms with Gasteiger partial charge in [0.25, 0.3) is 0 Å². The fraction of sp³-hybridized carbons (Fsp3) is 0.900. The first-order valence-electron chi connectivity index (χ1n) is 5.31. The van der Waals surface area contributed by atoms with Crippen molar-refractivity contribution in [2.45, 2.75) is 51.3 Å². The van der Waals surface area contributed by atoms with E-state index in [4.69, 9.17) is 9.16 Å². The van der Waals surface area contributed by atoms with E-state index >= 15 is 0 Å². The first-order chi connectivity index (χ1) is 6.49. The Morgan fingerprint density at radius 2 is 2.21 bits per heavy atom. The van der Waals surface area contributed by atoms with E-state index in [-0.39, 0.29) is 11.6 Å². The zero-order chi connectivity index (χ0) is 10.6. The largest absolute Gasteiger partial charge is 0.460 e. The molecule has 1 atom stereocenters. The van der Waals surface area contributed by atoms with E-state index in [1.807, 2.05) is 13.8 Å². The molecule has 1 saturated heterocycles. The molecule has 0 spiro atoms. The van der Waals surface area contributed by atoms with Crippen LogP contribution in [0.2, 0.25) is 12.1 Å². The van der Waals surface area contributed by atoms with Gasteiger partial charge in [-0.3, -0.25) is 4.79 Å². The Hall–Kier alpha value is -0.353. The maximum Gasteiger partial charge on any atom is 0.303 e. The van der Waals surface area contributed by atoms with Crippen molar-refractivity contribution >= 4 is 15.0 Å². The summed E-state index contributed by atoms with van der Waals surface area (Å²) in [5, 5.41) is 0. The van der Waals surface area contributed by atoms with Crippen LogP contribution in [0.1, 0.15) is 33.6 Å². The fourth-order valence-corrected chi connectivity index (χ4v) is 4.86. The molecule has 0 aliphatic carbocycles. The summed E-state index contributed by atoms with van der Waals surface area (Å²) < 4.78 is 11.0. The summed E-state index contributed by atoms with van der Waals surface area (Å²) in [6.45, 7) is 6.32. The highest BCUT2D eigenvalue weighted by molar-refractivity contribution is 6.52. The fourth-order valence-electron chi connectivity index (χ4n) is 1.95. The van der Waals surface area contributed by atoms with Crippen LogP contribution in [-0.4, -0.2) is 27.2 Å². The van der Waals surface area contributed by atoms with Crippen LogP contribution in [0, 0.1) is 0 Å². The number of rotatable bonds is 3. The van der Waals surface area contributed by atoms with Crippen molar-refractivity contribution in [2.24, 2.45) is 0 Å². The number of carbonyl (C=O) groups is 1. The van der Waals surface area contributed by atoms with Crippen molar-refractivity contribution in [1.82, 2.24) is 0 Å². The zero-order valence-electron chi connectivity index (χ0n) is 9.34. The van der Waals surface area contributed by atoms with Gasteiger partial charge in [0.15, 0.2) is 9.04 Å². The minimum absolute atomic E-state index is 0.195. The molecular formula is C10H20O3Si. The van der Waals surface area contributed by atoms with Crippen molar-refractivity contribution < 1.29 is 14.0 Å². The van der Waals surface area contributed by atoms with Crippen LogP contribution in [0.25, 0.3) is 0 Å². The Morgan fingerprint density at radius 1 is 1.50 bits per heavy atom. The SMILES string of the molecule is CC(=O)OC(C)(C)C[SiH]1CCCCO1. The molecule has 0 aromatic heterocycles. The van der Waals surface area contributed by atoms with Gasteiger partial charge in [0.1, 0.15) is 5.60 Å². The predicted molar refractivity (Wildman–Crippen MR) is 57.8 cm³/mol. The van der Waals surface area contributed by atoms with Gasteiger partial charge in [0.05, 0.1) is 0 Å². The Bertz CT molecular complexity index is 198. The van der Waals surface area contributed by atoms with Crippen molar-refractivity contribution in [3.63, 3.8) is 0 Å². The van der Waals surface area contributed by atoms with Gasteiger partial charge < -0.3 is 9.16 Å². The Morgan fingerprint density at radius 3 is 2.71 bits per heavy atom. The number of hydrogen-bond acceptors (Lipinski definition) is 3. The second kappa shape index (κ2) is 4.93. The number of carbonyl (C=O) groups excluding carboxylic acids is 1. The molecule has 0 amide bonds. The third kappa shape index (κ3) is 4.24. The highest BCUT2D eigenvalue weighted by atomic mass is 28.3. The molecule has 14 heavy (non-hydrogen) atoms. The van der Waals surface area contributed by atoms with Gasteiger partial charge in [-0.05, 0) is 26.3 Å². The normalized spacial score (nSPS) is 23.2. The first kappa shape index (κ1) is 11.7. The molecule has 0 aromatic carbocycles. The predicted octanol–water partition coefficient (Wildman–Crippen LogP) is 1.86. The lowest BCUT2D eigenvalue weighted by Gasteiger charge is -2.30. The third-order valence-electron chi connectivity index (χ3n) is 2.41. The van der Waals surface area contributed by atoms with Crippen molar-refractivity contribution in [2.75, 3.05) is 6.61 Å². The number of ether oxygens (including phenoxy) is 1. The Labute approximate surface area is 87.5 Å². The zero-order valence-corrected chi connectivity index (χ0v) is 10.5. The van der Waals surface area contributed by atoms with Gasteiger partial charge in [-0.2, -0.15) is 0 Å². The summed E-state index contributed by atoms with van der Waals surface area (Å²) in [6, 6.07) is 2.16. The van der Waals surface area contributed by atoms with E-state index in [0.29, 0.717) is 0 Å². The molecule has 82 valence electrons. The summed E-state index contributed by atoms with van der Waals surface area (Å²) in [5.74, 6) is -0.195. The van der Waals surface area contributed by atoms with Crippen LogP contribution < -0.4 is 0 Å². The second-order valence-electron chi connectivity index (χ2n) is 4.55. The minimum atomic E-state index is -1.09. The summed E-state index contributed by atoms with van der Waals surface area (Å²) in [7, 11) is -1.09. The van der Waals surface area contributed by atoms with E-state index in [0.717, 1.165) is 12.7 Å². The average molecular weight is 216 g/mol. The molecule has 0 saturated carbocycles. The summed E-state index contributed by atoms with van der Waals surface area (Å²) in [5.41, 5.74) is -0.333. The maximum atomic E-state index is 10.9. The van der Waals surface area contributed by atoms with Crippen molar-refractivity contribution in [3.05, 3.63) is 0 Å². The van der Waals surface area contributed by atoms with Gasteiger partial charge >= 0.3 is 5.97 Å². The van der Waals surface area contributed by atoms with Gasteiger partial charge in [0.2, 0.25) is 0 Å². The quantitative estimate of drug-likeness (QED) is 0.533. The Balaban J connectivity index is 2.36. The molecule has 1 aliphatic rings. The van der Waals surface area contributed by atoms with Gasteiger partial charge in [-0.25, -0.2) is 0 Å². The van der Waals surface area contributed by atoms with Crippen molar-refractivity contribution in [3.8, 4) is 0 Å². The van der Waals surface area contributed by atoms with Crippen molar-refractivity contribution in [1.29, 1.82) is 0 Å². The highest BCUT2D eigenvalue weighted by Crippen LogP contribution is 2.23. The van der Waals surface area contributed by atoms with Crippen LogP contribution in [-0.2, 0) is 14.0 Å². The van der Waals surface area contributed by atoms with E-state index in [1.165, 1.54) is 25.8 Å². The molecule has 0 aromatic rings. The summed E-state index contributed by atoms with van der Waals surface area (Å²) in [6.07, 6.45) is 2.48. The molecule has 3 nitrogen and oxygen atoms in total. The molecule has 0 bridgehead atoms. The second-order valence-corrected chi connectivity index (χ2v) is 7.11. The van der Waals surface area contributed by atoms with Gasteiger partial charge in [0, 0.05) is 19.6 Å². The van der Waals surface area contributed by atoms with E-state index in [1.54, 1.807) is 0 Å². The molecule has 4 heteroatoms. The van der Waals surface area contributed by atoms with Crippen LogP contribution in [0.15, 0.2) is 0 Å². The lowest BCUT2D eigenvalue weighted by molar-refractivity contribution is -0.152. The third-order valence-corrected chi connectivity index (χ3v) is 5.61. The van der Waals surface area contributed by atoms with E-state index < -0.39 is 9.04 Å². The van der Waals surface area contributed by atoms with E-state index in [2.05, 4.69) is 0 Å². The highest BCUT2D eigenvalue weighted by Gasteiger charge is 2.29.